The topological polar surface area (TPSA) is 101 Å². The predicted octanol–water partition coefficient (Wildman–Crippen LogP) is 3.20. The Kier molecular flexibility index (Phi) is 4.76. The Morgan fingerprint density at radius 3 is 2.72 bits per heavy atom. The molecule has 0 radical (unpaired) electrons. The molecule has 0 fully saturated rings. The number of carbonyl (C=O) groups excluding carboxylic acids is 2. The van der Waals surface area contributed by atoms with Crippen molar-refractivity contribution in [1.29, 1.82) is 0 Å². The number of aromatic amines is 1. The Bertz CT molecular complexity index is 938. The van der Waals surface area contributed by atoms with Gasteiger partial charge < -0.3 is 10.7 Å². The van der Waals surface area contributed by atoms with E-state index in [4.69, 9.17) is 5.73 Å². The number of nitrogens with two attached hydrogens (primary N) is 1. The highest BCUT2D eigenvalue weighted by atomic mass is 32.1. The summed E-state index contributed by atoms with van der Waals surface area (Å²) in [6, 6.07) is 9.50. The van der Waals surface area contributed by atoms with E-state index in [1.165, 1.54) is 23.0 Å². The molecule has 0 unspecified atom stereocenters. The van der Waals surface area contributed by atoms with Crippen molar-refractivity contribution in [2.75, 3.05) is 5.32 Å². The molecule has 0 saturated carbocycles. The van der Waals surface area contributed by atoms with E-state index >= 15 is 0 Å². The Hall–Kier alpha value is -3.19. The number of carbonyl (C=O) groups is 2. The van der Waals surface area contributed by atoms with Crippen molar-refractivity contribution in [2.24, 2.45) is 5.73 Å². The van der Waals surface area contributed by atoms with Crippen LogP contribution < -0.4 is 11.1 Å². The smallest absolute Gasteiger partial charge is 0.265 e. The minimum atomic E-state index is -0.531. The molecule has 0 saturated heterocycles. The van der Waals surface area contributed by atoms with Crippen LogP contribution in [0.1, 0.15) is 21.6 Å². The average Bonchev–Trinajstić information content (AvgIpc) is 3.23. The van der Waals surface area contributed by atoms with Crippen molar-refractivity contribution in [3.8, 4) is 11.3 Å². The summed E-state index contributed by atoms with van der Waals surface area (Å²) in [4.78, 5) is 30.2. The number of nitrogens with zero attached hydrogens (tertiary/aromatic N) is 1. The van der Waals surface area contributed by atoms with Crippen molar-refractivity contribution >= 4 is 34.4 Å². The number of amides is 2. The lowest BCUT2D eigenvalue weighted by atomic mass is 10.1. The maximum absolute atomic E-state index is 12.0. The van der Waals surface area contributed by atoms with Crippen LogP contribution in [0.15, 0.2) is 48.0 Å². The van der Waals surface area contributed by atoms with E-state index in [-0.39, 0.29) is 5.91 Å². The molecule has 2 aromatic heterocycles. The second-order valence-corrected chi connectivity index (χ2v) is 6.30. The first-order chi connectivity index (χ1) is 12.0. The number of primary amides is 1. The van der Waals surface area contributed by atoms with Gasteiger partial charge in [0.2, 0.25) is 5.91 Å². The zero-order valence-corrected chi connectivity index (χ0v) is 14.3. The highest BCUT2D eigenvalue weighted by Gasteiger charge is 2.10. The summed E-state index contributed by atoms with van der Waals surface area (Å²) >= 11 is 1.31. The van der Waals surface area contributed by atoms with E-state index in [1.54, 1.807) is 23.7 Å². The number of benzene rings is 1. The van der Waals surface area contributed by atoms with Crippen molar-refractivity contribution < 1.29 is 9.59 Å². The van der Waals surface area contributed by atoms with E-state index < -0.39 is 5.91 Å². The molecular formula is C18H16N4O2S. The van der Waals surface area contributed by atoms with Crippen molar-refractivity contribution in [2.45, 2.75) is 6.92 Å². The molecule has 7 heteroatoms. The molecule has 2 amide bonds. The zero-order chi connectivity index (χ0) is 17.8. The van der Waals surface area contributed by atoms with Gasteiger partial charge in [0.05, 0.1) is 5.69 Å². The van der Waals surface area contributed by atoms with E-state index in [9.17, 15) is 9.59 Å². The minimum Gasteiger partial charge on any atom is -0.364 e. The number of rotatable bonds is 5. The van der Waals surface area contributed by atoms with Crippen LogP contribution in [0, 0.1) is 6.92 Å². The molecule has 0 atom stereocenters. The van der Waals surface area contributed by atoms with Gasteiger partial charge in [-0.15, -0.1) is 11.3 Å². The normalized spacial score (nSPS) is 10.9. The molecule has 1 aromatic carbocycles. The highest BCUT2D eigenvalue weighted by molar-refractivity contribution is 7.14. The summed E-state index contributed by atoms with van der Waals surface area (Å²) in [7, 11) is 0. The van der Waals surface area contributed by atoms with Crippen molar-refractivity contribution in [3.63, 3.8) is 0 Å². The molecule has 126 valence electrons. The maximum atomic E-state index is 12.0. The molecule has 0 bridgehead atoms. The summed E-state index contributed by atoms with van der Waals surface area (Å²) in [5.41, 5.74) is 9.04. The van der Waals surface area contributed by atoms with Crippen LogP contribution in [0.3, 0.4) is 0 Å². The standard InChI is InChI=1S/C18H16N4O2S/c1-11-2-4-12(5-3-11)6-7-16(23)22-18-21-15(10-25-18)13-8-14(17(19)24)20-9-13/h2-10,20H,1H3,(H2,19,24)(H,21,22,23)/b7-6+. The lowest BCUT2D eigenvalue weighted by molar-refractivity contribution is -0.111. The fraction of sp³-hybridized carbons (Fsp3) is 0.0556. The largest absolute Gasteiger partial charge is 0.364 e. The summed E-state index contributed by atoms with van der Waals surface area (Å²) in [5.74, 6) is -0.787. The lowest BCUT2D eigenvalue weighted by Gasteiger charge is -1.97. The van der Waals surface area contributed by atoms with Crippen LogP contribution in [-0.2, 0) is 4.79 Å². The number of anilines is 1. The number of H-pyrrole nitrogens is 1. The molecular weight excluding hydrogens is 336 g/mol. The van der Waals surface area contributed by atoms with Gasteiger partial charge in [-0.25, -0.2) is 4.98 Å². The van der Waals surface area contributed by atoms with Crippen LogP contribution in [0.2, 0.25) is 0 Å². The van der Waals surface area contributed by atoms with Crippen LogP contribution in [-0.4, -0.2) is 21.8 Å². The fourth-order valence-electron chi connectivity index (χ4n) is 2.14. The Balaban J connectivity index is 1.65. The monoisotopic (exact) mass is 352 g/mol. The number of aromatic nitrogens is 2. The van der Waals surface area contributed by atoms with Gasteiger partial charge in [0.1, 0.15) is 5.69 Å². The Morgan fingerprint density at radius 1 is 1.28 bits per heavy atom. The van der Waals surface area contributed by atoms with Gasteiger partial charge >= 0.3 is 0 Å². The number of nitrogens with one attached hydrogen (secondary N) is 2. The third-order valence-electron chi connectivity index (χ3n) is 3.48. The van der Waals surface area contributed by atoms with Gasteiger partial charge in [0.15, 0.2) is 5.13 Å². The zero-order valence-electron chi connectivity index (χ0n) is 13.4. The second-order valence-electron chi connectivity index (χ2n) is 5.44. The van der Waals surface area contributed by atoms with Gasteiger partial charge in [-0.1, -0.05) is 29.8 Å². The molecule has 2 heterocycles. The number of aryl methyl sites for hydroxylation is 1. The molecule has 3 aromatic rings. The Labute approximate surface area is 148 Å². The van der Waals surface area contributed by atoms with E-state index in [2.05, 4.69) is 15.3 Å². The van der Waals surface area contributed by atoms with Gasteiger partial charge in [-0.05, 0) is 24.6 Å². The molecule has 0 aliphatic carbocycles. The molecule has 3 rings (SSSR count). The van der Waals surface area contributed by atoms with Crippen molar-refractivity contribution in [1.82, 2.24) is 9.97 Å². The average molecular weight is 352 g/mol. The van der Waals surface area contributed by atoms with Crippen LogP contribution in [0.25, 0.3) is 17.3 Å². The SMILES string of the molecule is Cc1ccc(/C=C/C(=O)Nc2nc(-c3c[nH]c(C(N)=O)c3)cs2)cc1. The molecule has 25 heavy (non-hydrogen) atoms. The van der Waals surface area contributed by atoms with Crippen LogP contribution >= 0.6 is 11.3 Å². The number of hydrogen-bond acceptors (Lipinski definition) is 4. The first-order valence-electron chi connectivity index (χ1n) is 7.51. The van der Waals surface area contributed by atoms with Gasteiger partial charge in [-0.3, -0.25) is 14.9 Å². The third-order valence-corrected chi connectivity index (χ3v) is 4.24. The molecule has 0 spiro atoms. The summed E-state index contributed by atoms with van der Waals surface area (Å²) in [6.45, 7) is 2.01. The predicted molar refractivity (Wildman–Crippen MR) is 99.3 cm³/mol. The van der Waals surface area contributed by atoms with Crippen LogP contribution in [0.5, 0.6) is 0 Å². The summed E-state index contributed by atoms with van der Waals surface area (Å²) in [5, 5.41) is 5.00. The molecule has 4 N–H and O–H groups in total. The van der Waals surface area contributed by atoms with Gasteiger partial charge in [0, 0.05) is 23.2 Å². The second kappa shape index (κ2) is 7.14. The van der Waals surface area contributed by atoms with Gasteiger partial charge in [-0.2, -0.15) is 0 Å². The first-order valence-corrected chi connectivity index (χ1v) is 8.39. The fourth-order valence-corrected chi connectivity index (χ4v) is 2.87. The summed E-state index contributed by atoms with van der Waals surface area (Å²) in [6.07, 6.45) is 4.86. The van der Waals surface area contributed by atoms with E-state index in [0.717, 1.165) is 11.1 Å². The molecule has 0 aliphatic heterocycles. The minimum absolute atomic E-state index is 0.256. The first kappa shape index (κ1) is 16.7. The van der Waals surface area contributed by atoms with Crippen molar-refractivity contribution in [3.05, 3.63) is 64.8 Å². The Morgan fingerprint density at radius 2 is 2.04 bits per heavy atom. The van der Waals surface area contributed by atoms with E-state index in [0.29, 0.717) is 16.5 Å². The summed E-state index contributed by atoms with van der Waals surface area (Å²) < 4.78 is 0. The molecule has 6 nitrogen and oxygen atoms in total. The third kappa shape index (κ3) is 4.21. The molecule has 0 aliphatic rings. The van der Waals surface area contributed by atoms with E-state index in [1.807, 2.05) is 31.2 Å². The number of thiazole rings is 1. The lowest BCUT2D eigenvalue weighted by Crippen LogP contribution is -2.10. The maximum Gasteiger partial charge on any atom is 0.265 e. The highest BCUT2D eigenvalue weighted by Crippen LogP contribution is 2.25. The van der Waals surface area contributed by atoms with Crippen LogP contribution in [0.4, 0.5) is 5.13 Å². The quantitative estimate of drug-likeness (QED) is 0.615. The van der Waals surface area contributed by atoms with Gasteiger partial charge in [0.25, 0.3) is 5.91 Å². The number of hydrogen-bond donors (Lipinski definition) is 3.